The topological polar surface area (TPSA) is 73.2 Å². The highest BCUT2D eigenvalue weighted by molar-refractivity contribution is 7.94. The van der Waals surface area contributed by atoms with Crippen LogP contribution in [0, 0.1) is 0 Å². The molecule has 1 aromatic heterocycles. The van der Waals surface area contributed by atoms with Crippen molar-refractivity contribution in [3.8, 4) is 0 Å². The molecule has 18 heavy (non-hydrogen) atoms. The fourth-order valence-electron chi connectivity index (χ4n) is 2.11. The van der Waals surface area contributed by atoms with Crippen LogP contribution in [-0.2, 0) is 26.7 Å². The van der Waals surface area contributed by atoms with Gasteiger partial charge in [-0.2, -0.15) is 0 Å². The molecule has 1 aromatic carbocycles. The fourth-order valence-corrected chi connectivity index (χ4v) is 5.09. The van der Waals surface area contributed by atoms with Crippen LogP contribution in [0.1, 0.15) is 0 Å². The molecule has 2 aromatic rings. The van der Waals surface area contributed by atoms with Gasteiger partial charge in [0, 0.05) is 24.9 Å². The lowest BCUT2D eigenvalue weighted by Gasteiger charge is -2.03. The van der Waals surface area contributed by atoms with Gasteiger partial charge < -0.3 is 4.57 Å². The molecule has 0 fully saturated rings. The quantitative estimate of drug-likeness (QED) is 0.825. The van der Waals surface area contributed by atoms with Crippen molar-refractivity contribution >= 4 is 30.6 Å². The number of nitrogens with zero attached hydrogens (tertiary/aromatic N) is 1. The molecule has 0 radical (unpaired) electrons. The van der Waals surface area contributed by atoms with Gasteiger partial charge in [-0.05, 0) is 6.07 Å². The summed E-state index contributed by atoms with van der Waals surface area (Å²) in [6.07, 6.45) is 2.03. The van der Waals surface area contributed by atoms with Crippen molar-refractivity contribution in [1.29, 1.82) is 0 Å². The second kappa shape index (κ2) is 3.83. The van der Waals surface area contributed by atoms with Gasteiger partial charge in [-0.25, -0.2) is 16.8 Å². The number of aromatic nitrogens is 1. The van der Waals surface area contributed by atoms with Crippen molar-refractivity contribution in [2.75, 3.05) is 12.5 Å². The second-order valence-electron chi connectivity index (χ2n) is 4.25. The van der Waals surface area contributed by atoms with E-state index >= 15 is 0 Å². The maximum atomic E-state index is 11.8. The van der Waals surface area contributed by atoms with E-state index in [0.717, 1.165) is 12.5 Å². The minimum atomic E-state index is -3.63. The van der Waals surface area contributed by atoms with Crippen molar-refractivity contribution in [2.45, 2.75) is 9.92 Å². The zero-order valence-corrected chi connectivity index (χ0v) is 11.8. The summed E-state index contributed by atoms with van der Waals surface area (Å²) in [4.78, 5) is -0.122. The smallest absolute Gasteiger partial charge is 0.192 e. The number of aryl methyl sites for hydroxylation is 1. The number of sulfone groups is 2. The highest BCUT2D eigenvalue weighted by Gasteiger charge is 2.28. The van der Waals surface area contributed by atoms with E-state index in [1.54, 1.807) is 31.3 Å². The lowest BCUT2D eigenvalue weighted by molar-refractivity contribution is 0.580. The zero-order valence-electron chi connectivity index (χ0n) is 10.2. The SMILES string of the molecule is Cn1c(S(C)(=O)=O)c(S(C)(=O)=O)c2ccccc21. The predicted molar refractivity (Wildman–Crippen MR) is 69.1 cm³/mol. The van der Waals surface area contributed by atoms with Crippen molar-refractivity contribution in [2.24, 2.45) is 7.05 Å². The molecule has 1 heterocycles. The molecule has 98 valence electrons. The molecule has 2 rings (SSSR count). The third kappa shape index (κ3) is 1.93. The first-order valence-corrected chi connectivity index (χ1v) is 8.90. The zero-order chi connectivity index (χ0) is 13.7. The van der Waals surface area contributed by atoms with Gasteiger partial charge in [0.15, 0.2) is 24.7 Å². The maximum Gasteiger partial charge on any atom is 0.192 e. The fraction of sp³-hybridized carbons (Fsp3) is 0.273. The van der Waals surface area contributed by atoms with Gasteiger partial charge in [-0.1, -0.05) is 18.2 Å². The van der Waals surface area contributed by atoms with Crippen LogP contribution >= 0.6 is 0 Å². The predicted octanol–water partition coefficient (Wildman–Crippen LogP) is 0.985. The number of rotatable bonds is 2. The van der Waals surface area contributed by atoms with Crippen molar-refractivity contribution in [1.82, 2.24) is 4.57 Å². The van der Waals surface area contributed by atoms with Crippen LogP contribution in [0.25, 0.3) is 10.9 Å². The summed E-state index contributed by atoms with van der Waals surface area (Å²) in [5, 5.41) is 0.272. The summed E-state index contributed by atoms with van der Waals surface area (Å²) in [5.74, 6) is 0. The first-order valence-electron chi connectivity index (χ1n) is 5.11. The van der Waals surface area contributed by atoms with Gasteiger partial charge in [0.1, 0.15) is 4.90 Å². The monoisotopic (exact) mass is 287 g/mol. The average Bonchev–Trinajstić information content (AvgIpc) is 2.52. The normalized spacial score (nSPS) is 13.1. The molecule has 0 N–H and O–H groups in total. The molecule has 5 nitrogen and oxygen atoms in total. The Morgan fingerprint density at radius 2 is 1.50 bits per heavy atom. The third-order valence-electron chi connectivity index (χ3n) is 2.73. The molecule has 0 amide bonds. The second-order valence-corrected chi connectivity index (χ2v) is 8.14. The Morgan fingerprint density at radius 1 is 0.944 bits per heavy atom. The summed E-state index contributed by atoms with van der Waals surface area (Å²) in [5.41, 5.74) is 0.582. The van der Waals surface area contributed by atoms with Gasteiger partial charge in [0.05, 0.1) is 5.52 Å². The van der Waals surface area contributed by atoms with Crippen LogP contribution in [0.2, 0.25) is 0 Å². The lowest BCUT2D eigenvalue weighted by atomic mass is 10.2. The van der Waals surface area contributed by atoms with Crippen LogP contribution in [0.4, 0.5) is 0 Å². The number of para-hydroxylation sites is 1. The maximum absolute atomic E-state index is 11.8. The number of benzene rings is 1. The summed E-state index contributed by atoms with van der Waals surface area (Å²) >= 11 is 0. The Labute approximate surface area is 106 Å². The van der Waals surface area contributed by atoms with Crippen LogP contribution in [-0.4, -0.2) is 33.9 Å². The van der Waals surface area contributed by atoms with Gasteiger partial charge in [-0.15, -0.1) is 0 Å². The van der Waals surface area contributed by atoms with E-state index < -0.39 is 19.7 Å². The standard InChI is InChI=1S/C11H13NO4S2/c1-12-9-7-5-4-6-8(9)10(17(2,13)14)11(12)18(3,15)16/h4-7H,1-3H3. The average molecular weight is 287 g/mol. The highest BCUT2D eigenvalue weighted by atomic mass is 32.2. The summed E-state index contributed by atoms with van der Waals surface area (Å²) in [6, 6.07) is 6.72. The van der Waals surface area contributed by atoms with Crippen LogP contribution < -0.4 is 0 Å². The van der Waals surface area contributed by atoms with E-state index in [1.165, 1.54) is 4.57 Å². The molecule has 0 saturated carbocycles. The Balaban J connectivity index is 3.16. The van der Waals surface area contributed by atoms with Gasteiger partial charge in [0.2, 0.25) is 0 Å². The molecule has 7 heteroatoms. The Morgan fingerprint density at radius 3 is 2.00 bits per heavy atom. The van der Waals surface area contributed by atoms with E-state index in [1.807, 2.05) is 0 Å². The number of hydrogen-bond donors (Lipinski definition) is 0. The minimum absolute atomic E-state index is 0.122. The molecule has 0 unspecified atom stereocenters. The largest absolute Gasteiger partial charge is 0.334 e. The molecule has 0 aliphatic heterocycles. The van der Waals surface area contributed by atoms with Crippen LogP contribution in [0.3, 0.4) is 0 Å². The van der Waals surface area contributed by atoms with Gasteiger partial charge in [0.25, 0.3) is 0 Å². The van der Waals surface area contributed by atoms with E-state index in [4.69, 9.17) is 0 Å². The Bertz CT molecular complexity index is 829. The molecular formula is C11H13NO4S2. The van der Waals surface area contributed by atoms with E-state index in [9.17, 15) is 16.8 Å². The van der Waals surface area contributed by atoms with Crippen molar-refractivity contribution in [3.05, 3.63) is 24.3 Å². The molecule has 0 aliphatic carbocycles. The number of fused-ring (bicyclic) bond motifs is 1. The Hall–Kier alpha value is -1.34. The van der Waals surface area contributed by atoms with Crippen LogP contribution in [0.15, 0.2) is 34.2 Å². The van der Waals surface area contributed by atoms with Gasteiger partial charge in [-0.3, -0.25) is 0 Å². The van der Waals surface area contributed by atoms with Crippen LogP contribution in [0.5, 0.6) is 0 Å². The van der Waals surface area contributed by atoms with E-state index in [0.29, 0.717) is 10.9 Å². The lowest BCUT2D eigenvalue weighted by Crippen LogP contribution is -2.09. The molecule has 0 saturated heterocycles. The molecular weight excluding hydrogens is 274 g/mol. The van der Waals surface area contributed by atoms with E-state index in [-0.39, 0.29) is 9.92 Å². The summed E-state index contributed by atoms with van der Waals surface area (Å²) in [6.45, 7) is 0. The minimum Gasteiger partial charge on any atom is -0.334 e. The molecule has 0 aliphatic rings. The summed E-state index contributed by atoms with van der Waals surface area (Å²) in [7, 11) is -5.70. The third-order valence-corrected chi connectivity index (χ3v) is 5.20. The van der Waals surface area contributed by atoms with Crippen molar-refractivity contribution in [3.63, 3.8) is 0 Å². The first-order chi connectivity index (χ1) is 8.14. The molecule has 0 bridgehead atoms. The molecule has 0 atom stereocenters. The molecule has 0 spiro atoms. The first kappa shape index (κ1) is 13.1. The number of hydrogen-bond acceptors (Lipinski definition) is 4. The van der Waals surface area contributed by atoms with E-state index in [2.05, 4.69) is 0 Å². The Kier molecular flexibility index (Phi) is 2.78. The summed E-state index contributed by atoms with van der Waals surface area (Å²) < 4.78 is 48.7. The van der Waals surface area contributed by atoms with Gasteiger partial charge >= 0.3 is 0 Å². The highest BCUT2D eigenvalue weighted by Crippen LogP contribution is 2.32. The van der Waals surface area contributed by atoms with Crippen molar-refractivity contribution < 1.29 is 16.8 Å².